The van der Waals surface area contributed by atoms with Gasteiger partial charge in [0, 0.05) is 19.4 Å². The van der Waals surface area contributed by atoms with Gasteiger partial charge in [-0.3, -0.25) is 9.59 Å². The van der Waals surface area contributed by atoms with Crippen LogP contribution in [0.15, 0.2) is 59.4 Å². The van der Waals surface area contributed by atoms with E-state index >= 15 is 0 Å². The van der Waals surface area contributed by atoms with Crippen LogP contribution in [0, 0.1) is 5.82 Å². The molecule has 132 valence electrons. The van der Waals surface area contributed by atoms with Crippen molar-refractivity contribution in [3.8, 4) is 11.4 Å². The summed E-state index contributed by atoms with van der Waals surface area (Å²) < 4.78 is 13.7. The molecule has 1 heterocycles. The fourth-order valence-electron chi connectivity index (χ4n) is 2.42. The fraction of sp³-hybridized carbons (Fsp3) is 0.158. The molecule has 2 aromatic carbocycles. The highest BCUT2D eigenvalue weighted by molar-refractivity contribution is 5.76. The second kappa shape index (κ2) is 8.15. The second-order valence-corrected chi connectivity index (χ2v) is 5.69. The van der Waals surface area contributed by atoms with Crippen molar-refractivity contribution >= 4 is 5.91 Å². The average molecular weight is 352 g/mol. The molecule has 0 radical (unpaired) electrons. The van der Waals surface area contributed by atoms with Crippen LogP contribution in [-0.2, 0) is 17.8 Å². The Morgan fingerprint density at radius 3 is 2.50 bits per heavy atom. The number of aryl methyl sites for hydroxylation is 1. The third-order valence-electron chi connectivity index (χ3n) is 3.82. The maximum Gasteiger partial charge on any atom is 0.273 e. The SMILES string of the molecule is O=C(CCc1nnc(-c2ccccc2F)[nH]c1=O)NCc1ccccc1. The molecule has 0 saturated heterocycles. The molecule has 0 bridgehead atoms. The van der Waals surface area contributed by atoms with Gasteiger partial charge in [-0.2, -0.15) is 0 Å². The van der Waals surface area contributed by atoms with Crippen LogP contribution in [0.5, 0.6) is 0 Å². The summed E-state index contributed by atoms with van der Waals surface area (Å²) in [6, 6.07) is 15.5. The highest BCUT2D eigenvalue weighted by Gasteiger charge is 2.11. The molecule has 0 aliphatic heterocycles. The van der Waals surface area contributed by atoms with Crippen LogP contribution in [0.2, 0.25) is 0 Å². The molecule has 0 spiro atoms. The minimum atomic E-state index is -0.495. The first-order chi connectivity index (χ1) is 12.6. The molecule has 7 heteroatoms. The first kappa shape index (κ1) is 17.5. The molecule has 26 heavy (non-hydrogen) atoms. The molecular formula is C19H17FN4O2. The quantitative estimate of drug-likeness (QED) is 0.712. The zero-order valence-corrected chi connectivity index (χ0v) is 13.9. The normalized spacial score (nSPS) is 10.5. The lowest BCUT2D eigenvalue weighted by atomic mass is 10.2. The molecule has 2 N–H and O–H groups in total. The Kier molecular flexibility index (Phi) is 5.48. The van der Waals surface area contributed by atoms with Crippen LogP contribution in [0.25, 0.3) is 11.4 Å². The van der Waals surface area contributed by atoms with Gasteiger partial charge in [-0.15, -0.1) is 10.2 Å². The average Bonchev–Trinajstić information content (AvgIpc) is 2.66. The number of carbonyl (C=O) groups excluding carboxylic acids is 1. The van der Waals surface area contributed by atoms with E-state index in [1.54, 1.807) is 12.1 Å². The molecule has 3 aromatic rings. The third kappa shape index (κ3) is 4.38. The molecule has 1 amide bonds. The molecule has 1 aromatic heterocycles. The molecule has 0 aliphatic rings. The minimum Gasteiger partial charge on any atom is -0.352 e. The lowest BCUT2D eigenvalue weighted by Crippen LogP contribution is -2.25. The number of benzene rings is 2. The smallest absolute Gasteiger partial charge is 0.273 e. The number of hydrogen-bond donors (Lipinski definition) is 2. The molecular weight excluding hydrogens is 335 g/mol. The zero-order chi connectivity index (χ0) is 18.4. The lowest BCUT2D eigenvalue weighted by Gasteiger charge is -2.05. The summed E-state index contributed by atoms with van der Waals surface area (Å²) in [5, 5.41) is 10.5. The van der Waals surface area contributed by atoms with Crippen LogP contribution >= 0.6 is 0 Å². The number of aromatic nitrogens is 3. The third-order valence-corrected chi connectivity index (χ3v) is 3.82. The highest BCUT2D eigenvalue weighted by Crippen LogP contribution is 2.16. The van der Waals surface area contributed by atoms with Crippen molar-refractivity contribution in [1.82, 2.24) is 20.5 Å². The number of aromatic amines is 1. The zero-order valence-electron chi connectivity index (χ0n) is 13.9. The number of nitrogens with zero attached hydrogens (tertiary/aromatic N) is 2. The van der Waals surface area contributed by atoms with E-state index in [4.69, 9.17) is 0 Å². The molecule has 0 unspecified atom stereocenters. The number of nitrogens with one attached hydrogen (secondary N) is 2. The first-order valence-electron chi connectivity index (χ1n) is 8.15. The highest BCUT2D eigenvalue weighted by atomic mass is 19.1. The largest absolute Gasteiger partial charge is 0.352 e. The van der Waals surface area contributed by atoms with E-state index in [9.17, 15) is 14.0 Å². The van der Waals surface area contributed by atoms with Gasteiger partial charge in [-0.25, -0.2) is 4.39 Å². The van der Waals surface area contributed by atoms with E-state index in [-0.39, 0.29) is 35.8 Å². The number of amides is 1. The second-order valence-electron chi connectivity index (χ2n) is 5.69. The van der Waals surface area contributed by atoms with Crippen molar-refractivity contribution in [3.05, 3.63) is 82.0 Å². The topological polar surface area (TPSA) is 87.7 Å². The number of H-pyrrole nitrogens is 1. The van der Waals surface area contributed by atoms with Crippen molar-refractivity contribution in [1.29, 1.82) is 0 Å². The number of rotatable bonds is 6. The van der Waals surface area contributed by atoms with Gasteiger partial charge < -0.3 is 10.3 Å². The standard InChI is InChI=1S/C19H17FN4O2/c20-15-9-5-4-8-14(15)18-22-19(26)16(23-24-18)10-11-17(25)21-12-13-6-2-1-3-7-13/h1-9H,10-12H2,(H,21,25)(H,22,24,26). The van der Waals surface area contributed by atoms with Gasteiger partial charge in [0.15, 0.2) is 5.82 Å². The summed E-state index contributed by atoms with van der Waals surface area (Å²) in [5.74, 6) is -0.621. The molecule has 0 fully saturated rings. The first-order valence-corrected chi connectivity index (χ1v) is 8.15. The summed E-state index contributed by atoms with van der Waals surface area (Å²) >= 11 is 0. The summed E-state index contributed by atoms with van der Waals surface area (Å²) in [5.41, 5.74) is 0.825. The van der Waals surface area contributed by atoms with Gasteiger partial charge in [-0.1, -0.05) is 42.5 Å². The van der Waals surface area contributed by atoms with Crippen molar-refractivity contribution in [2.75, 3.05) is 0 Å². The Morgan fingerprint density at radius 2 is 1.77 bits per heavy atom. The Labute approximate surface area is 149 Å². The summed E-state index contributed by atoms with van der Waals surface area (Å²) in [6.07, 6.45) is 0.268. The van der Waals surface area contributed by atoms with Crippen LogP contribution in [0.3, 0.4) is 0 Å². The van der Waals surface area contributed by atoms with Crippen molar-refractivity contribution in [3.63, 3.8) is 0 Å². The Balaban J connectivity index is 1.59. The van der Waals surface area contributed by atoms with E-state index in [0.29, 0.717) is 6.54 Å². The van der Waals surface area contributed by atoms with Crippen molar-refractivity contribution in [2.24, 2.45) is 0 Å². The van der Waals surface area contributed by atoms with Gasteiger partial charge in [0.1, 0.15) is 11.5 Å². The lowest BCUT2D eigenvalue weighted by molar-refractivity contribution is -0.121. The van der Waals surface area contributed by atoms with E-state index in [2.05, 4.69) is 20.5 Å². The van der Waals surface area contributed by atoms with E-state index < -0.39 is 11.4 Å². The van der Waals surface area contributed by atoms with Crippen LogP contribution in [-0.4, -0.2) is 21.1 Å². The molecule has 0 aliphatic carbocycles. The summed E-state index contributed by atoms with van der Waals surface area (Å²) in [7, 11) is 0. The molecule has 0 atom stereocenters. The van der Waals surface area contributed by atoms with E-state index in [1.807, 2.05) is 30.3 Å². The number of carbonyl (C=O) groups is 1. The van der Waals surface area contributed by atoms with Gasteiger partial charge >= 0.3 is 0 Å². The fourth-order valence-corrected chi connectivity index (χ4v) is 2.42. The summed E-state index contributed by atoms with van der Waals surface area (Å²) in [4.78, 5) is 26.5. The van der Waals surface area contributed by atoms with Gasteiger partial charge in [0.2, 0.25) is 5.91 Å². The summed E-state index contributed by atoms with van der Waals surface area (Å²) in [6.45, 7) is 0.425. The van der Waals surface area contributed by atoms with Gasteiger partial charge in [-0.05, 0) is 17.7 Å². The Bertz CT molecular complexity index is 957. The van der Waals surface area contributed by atoms with Crippen molar-refractivity contribution < 1.29 is 9.18 Å². The molecule has 6 nitrogen and oxygen atoms in total. The number of halogens is 1. The predicted molar refractivity (Wildman–Crippen MR) is 94.7 cm³/mol. The monoisotopic (exact) mass is 352 g/mol. The van der Waals surface area contributed by atoms with Crippen LogP contribution in [0.4, 0.5) is 4.39 Å². The van der Waals surface area contributed by atoms with E-state index in [0.717, 1.165) is 5.56 Å². The Hall–Kier alpha value is -3.35. The molecule has 0 saturated carbocycles. The Morgan fingerprint density at radius 1 is 1.04 bits per heavy atom. The molecule has 3 rings (SSSR count). The number of hydrogen-bond acceptors (Lipinski definition) is 4. The van der Waals surface area contributed by atoms with Crippen LogP contribution in [0.1, 0.15) is 17.7 Å². The predicted octanol–water partition coefficient (Wildman–Crippen LogP) is 2.22. The minimum absolute atomic E-state index is 0.0605. The van der Waals surface area contributed by atoms with Gasteiger partial charge in [0.05, 0.1) is 5.56 Å². The van der Waals surface area contributed by atoms with Crippen LogP contribution < -0.4 is 10.9 Å². The maximum absolute atomic E-state index is 13.7. The maximum atomic E-state index is 13.7. The van der Waals surface area contributed by atoms with E-state index in [1.165, 1.54) is 12.1 Å². The van der Waals surface area contributed by atoms with Crippen molar-refractivity contribution in [2.45, 2.75) is 19.4 Å². The van der Waals surface area contributed by atoms with Gasteiger partial charge in [0.25, 0.3) is 5.56 Å².